The second-order valence-electron chi connectivity index (χ2n) is 8.75. The van der Waals surface area contributed by atoms with E-state index in [1.165, 1.54) is 12.1 Å². The molecule has 0 unspecified atom stereocenters. The Labute approximate surface area is 194 Å². The maximum Gasteiger partial charge on any atom is 0.240 e. The standard InChI is InChI=1S/C25H29FN3O3S/c1-3-21-14-19-8-13-23(15-24(19)28-21)33(31,32)29-22-11-6-18(7-12-22)25(30)27-16(2)17-4-9-20(26)10-5-17/h4-5,8-10,13-16,18,22,28-29H,1,3,6-7,11-12H2,2H3,(H,27,30)/t16-,18?,22?/m1/s1. The first-order valence-electron chi connectivity index (χ1n) is 11.2. The van der Waals surface area contributed by atoms with E-state index < -0.39 is 10.0 Å². The minimum absolute atomic E-state index is 0.0495. The molecule has 3 aromatic rings. The molecule has 0 bridgehead atoms. The molecule has 1 atom stereocenters. The topological polar surface area (TPSA) is 91.1 Å². The lowest BCUT2D eigenvalue weighted by molar-refractivity contribution is -0.126. The molecule has 0 spiro atoms. The second-order valence-corrected chi connectivity index (χ2v) is 10.5. The van der Waals surface area contributed by atoms with Crippen LogP contribution in [0.2, 0.25) is 0 Å². The van der Waals surface area contributed by atoms with Gasteiger partial charge < -0.3 is 10.3 Å². The number of carbonyl (C=O) groups is 1. The molecule has 1 heterocycles. The molecule has 6 nitrogen and oxygen atoms in total. The molecule has 1 fully saturated rings. The zero-order valence-electron chi connectivity index (χ0n) is 18.6. The Morgan fingerprint density at radius 1 is 1.12 bits per heavy atom. The summed E-state index contributed by atoms with van der Waals surface area (Å²) in [6, 6.07) is 12.7. The van der Waals surface area contributed by atoms with Crippen molar-refractivity contribution >= 4 is 26.8 Å². The van der Waals surface area contributed by atoms with Crippen molar-refractivity contribution in [3.05, 3.63) is 72.5 Å². The maximum absolute atomic E-state index is 13.1. The summed E-state index contributed by atoms with van der Waals surface area (Å²) in [6.07, 6.45) is 3.02. The van der Waals surface area contributed by atoms with Gasteiger partial charge in [0.2, 0.25) is 15.9 Å². The number of halogens is 1. The highest BCUT2D eigenvalue weighted by Gasteiger charge is 2.30. The lowest BCUT2D eigenvalue weighted by Gasteiger charge is -2.29. The van der Waals surface area contributed by atoms with E-state index in [-0.39, 0.29) is 34.6 Å². The van der Waals surface area contributed by atoms with Gasteiger partial charge in [-0.3, -0.25) is 4.79 Å². The molecule has 1 saturated carbocycles. The fourth-order valence-electron chi connectivity index (χ4n) is 4.40. The van der Waals surface area contributed by atoms with Crippen LogP contribution < -0.4 is 10.0 Å². The summed E-state index contributed by atoms with van der Waals surface area (Å²) < 4.78 is 41.8. The van der Waals surface area contributed by atoms with Crippen LogP contribution in [0.25, 0.3) is 10.9 Å². The highest BCUT2D eigenvalue weighted by molar-refractivity contribution is 7.89. The molecule has 1 aliphatic carbocycles. The van der Waals surface area contributed by atoms with Crippen LogP contribution in [-0.4, -0.2) is 25.4 Å². The number of amides is 1. The highest BCUT2D eigenvalue weighted by Crippen LogP contribution is 2.27. The van der Waals surface area contributed by atoms with Gasteiger partial charge in [0.05, 0.1) is 10.9 Å². The Morgan fingerprint density at radius 3 is 2.48 bits per heavy atom. The van der Waals surface area contributed by atoms with E-state index in [4.69, 9.17) is 0 Å². The van der Waals surface area contributed by atoms with E-state index in [1.807, 2.05) is 13.0 Å². The van der Waals surface area contributed by atoms with Crippen LogP contribution in [-0.2, 0) is 21.2 Å². The zero-order valence-corrected chi connectivity index (χ0v) is 19.4. The normalized spacial score (nSPS) is 20.0. The molecule has 4 rings (SSSR count). The van der Waals surface area contributed by atoms with Crippen molar-refractivity contribution < 1.29 is 17.6 Å². The van der Waals surface area contributed by atoms with Gasteiger partial charge in [0, 0.05) is 23.2 Å². The number of hydrogen-bond donors (Lipinski definition) is 3. The number of H-pyrrole nitrogens is 1. The number of sulfonamides is 1. The van der Waals surface area contributed by atoms with Crippen molar-refractivity contribution in [3.63, 3.8) is 0 Å². The number of nitrogens with one attached hydrogen (secondary N) is 3. The largest absolute Gasteiger partial charge is 0.358 e. The molecule has 2 aromatic carbocycles. The van der Waals surface area contributed by atoms with Crippen molar-refractivity contribution in [2.24, 2.45) is 5.92 Å². The van der Waals surface area contributed by atoms with Gasteiger partial charge in [0.15, 0.2) is 0 Å². The third kappa shape index (κ3) is 5.45. The van der Waals surface area contributed by atoms with E-state index in [0.717, 1.165) is 22.2 Å². The maximum atomic E-state index is 13.1. The first kappa shape index (κ1) is 23.4. The summed E-state index contributed by atoms with van der Waals surface area (Å²) in [6.45, 7) is 5.72. The lowest BCUT2D eigenvalue weighted by atomic mass is 9.85. The summed E-state index contributed by atoms with van der Waals surface area (Å²) in [5, 5.41) is 3.94. The summed E-state index contributed by atoms with van der Waals surface area (Å²) in [5.74, 6) is -0.523. The number of benzene rings is 2. The molecule has 0 aliphatic heterocycles. The highest BCUT2D eigenvalue weighted by atomic mass is 32.2. The zero-order chi connectivity index (χ0) is 23.6. The first-order valence-corrected chi connectivity index (χ1v) is 12.7. The molecule has 1 aromatic heterocycles. The Hall–Kier alpha value is -2.71. The molecule has 8 heteroatoms. The molecule has 175 valence electrons. The van der Waals surface area contributed by atoms with Crippen molar-refractivity contribution in [3.8, 4) is 0 Å². The Morgan fingerprint density at radius 2 is 1.82 bits per heavy atom. The SMILES string of the molecule is [CH2]Cc1cc2ccc(S(=O)(=O)NC3CCC(C(=O)N[C@H](C)c4ccc(F)cc4)CC3)cc2[nH]1. The van der Waals surface area contributed by atoms with Crippen LogP contribution in [0.4, 0.5) is 4.39 Å². The van der Waals surface area contributed by atoms with E-state index in [1.54, 1.807) is 30.3 Å². The van der Waals surface area contributed by atoms with Gasteiger partial charge >= 0.3 is 0 Å². The summed E-state index contributed by atoms with van der Waals surface area (Å²) >= 11 is 0. The van der Waals surface area contributed by atoms with Gasteiger partial charge in [-0.2, -0.15) is 0 Å². The Kier molecular flexibility index (Phi) is 6.86. The van der Waals surface area contributed by atoms with Gasteiger partial charge in [-0.1, -0.05) is 18.2 Å². The number of hydrogen-bond acceptors (Lipinski definition) is 3. The Balaban J connectivity index is 1.32. The average Bonchev–Trinajstić information content (AvgIpc) is 3.22. The quantitative estimate of drug-likeness (QED) is 0.478. The molecular weight excluding hydrogens is 441 g/mol. The van der Waals surface area contributed by atoms with Gasteiger partial charge in [-0.15, -0.1) is 0 Å². The van der Waals surface area contributed by atoms with Crippen LogP contribution >= 0.6 is 0 Å². The number of fused-ring (bicyclic) bond motifs is 1. The predicted octanol–water partition coefficient (Wildman–Crippen LogP) is 4.40. The molecule has 0 saturated heterocycles. The van der Waals surface area contributed by atoms with Crippen molar-refractivity contribution in [1.82, 2.24) is 15.0 Å². The minimum Gasteiger partial charge on any atom is -0.358 e. The summed E-state index contributed by atoms with van der Waals surface area (Å²) in [5.41, 5.74) is 2.57. The average molecular weight is 471 g/mol. The van der Waals surface area contributed by atoms with Crippen molar-refractivity contribution in [2.75, 3.05) is 0 Å². The van der Waals surface area contributed by atoms with Crippen LogP contribution in [0.1, 0.15) is 49.9 Å². The molecule has 33 heavy (non-hydrogen) atoms. The molecule has 1 radical (unpaired) electrons. The van der Waals surface area contributed by atoms with Gasteiger partial charge in [-0.25, -0.2) is 17.5 Å². The fraction of sp³-hybridized carbons (Fsp3) is 0.360. The van der Waals surface area contributed by atoms with Gasteiger partial charge in [0.25, 0.3) is 0 Å². The molecule has 1 amide bonds. The number of rotatable bonds is 7. The summed E-state index contributed by atoms with van der Waals surface area (Å²) in [7, 11) is -3.66. The van der Waals surface area contributed by atoms with Crippen LogP contribution in [0.3, 0.4) is 0 Å². The third-order valence-electron chi connectivity index (χ3n) is 6.38. The monoisotopic (exact) mass is 470 g/mol. The van der Waals surface area contributed by atoms with E-state index in [0.29, 0.717) is 32.1 Å². The third-order valence-corrected chi connectivity index (χ3v) is 7.90. The van der Waals surface area contributed by atoms with E-state index in [2.05, 4.69) is 21.9 Å². The van der Waals surface area contributed by atoms with Crippen LogP contribution in [0, 0.1) is 18.7 Å². The lowest BCUT2D eigenvalue weighted by Crippen LogP contribution is -2.41. The predicted molar refractivity (Wildman–Crippen MR) is 126 cm³/mol. The van der Waals surface area contributed by atoms with Crippen molar-refractivity contribution in [1.29, 1.82) is 0 Å². The van der Waals surface area contributed by atoms with Crippen LogP contribution in [0.5, 0.6) is 0 Å². The molecule has 1 aliphatic rings. The second kappa shape index (κ2) is 9.65. The molecule has 3 N–H and O–H groups in total. The Bertz CT molecular complexity index is 1230. The first-order chi connectivity index (χ1) is 15.7. The number of carbonyl (C=O) groups excluding carboxylic acids is 1. The molecular formula is C25H29FN3O3S. The van der Waals surface area contributed by atoms with E-state index in [9.17, 15) is 17.6 Å². The van der Waals surface area contributed by atoms with Gasteiger partial charge in [0.1, 0.15) is 5.82 Å². The fourth-order valence-corrected chi connectivity index (χ4v) is 5.73. The van der Waals surface area contributed by atoms with E-state index >= 15 is 0 Å². The minimum atomic E-state index is -3.66. The number of aromatic amines is 1. The van der Waals surface area contributed by atoms with Crippen molar-refractivity contribution in [2.45, 2.75) is 56.0 Å². The summed E-state index contributed by atoms with van der Waals surface area (Å²) in [4.78, 5) is 16.1. The van der Waals surface area contributed by atoms with Gasteiger partial charge in [-0.05, 0) is 87.2 Å². The van der Waals surface area contributed by atoms with Crippen LogP contribution in [0.15, 0.2) is 53.4 Å². The number of aromatic nitrogens is 1. The smallest absolute Gasteiger partial charge is 0.240 e.